The second kappa shape index (κ2) is 4.30. The van der Waals surface area contributed by atoms with Crippen LogP contribution in [0.15, 0.2) is 0 Å². The third-order valence-corrected chi connectivity index (χ3v) is 3.54. The van der Waals surface area contributed by atoms with Crippen molar-refractivity contribution in [1.82, 2.24) is 4.90 Å². The third-order valence-electron chi connectivity index (χ3n) is 3.54. The summed E-state index contributed by atoms with van der Waals surface area (Å²) in [6.45, 7) is 1.98. The molecule has 2 N–H and O–H groups in total. The number of carbonyl (C=O) groups excluding carboxylic acids is 1. The van der Waals surface area contributed by atoms with Crippen LogP contribution in [0.4, 0.5) is 0 Å². The van der Waals surface area contributed by atoms with Gasteiger partial charge in [-0.05, 0) is 38.0 Å². The zero-order valence-corrected chi connectivity index (χ0v) is 8.74. The Morgan fingerprint density at radius 3 is 2.57 bits per heavy atom. The minimum atomic E-state index is 0.361. The molecule has 0 radical (unpaired) electrons. The number of amides is 1. The first-order valence-electron chi connectivity index (χ1n) is 5.79. The minimum Gasteiger partial charge on any atom is -0.342 e. The van der Waals surface area contributed by atoms with E-state index in [0.717, 1.165) is 44.7 Å². The average molecular weight is 196 g/mol. The molecule has 0 unspecified atom stereocenters. The molecular weight excluding hydrogens is 176 g/mol. The molecule has 2 fully saturated rings. The maximum atomic E-state index is 11.4. The molecule has 0 aromatic rings. The summed E-state index contributed by atoms with van der Waals surface area (Å²) in [6.07, 6.45) is 6.55. The Kier molecular flexibility index (Phi) is 3.06. The van der Waals surface area contributed by atoms with E-state index < -0.39 is 0 Å². The highest BCUT2D eigenvalue weighted by molar-refractivity contribution is 5.78. The van der Waals surface area contributed by atoms with Crippen molar-refractivity contribution in [2.75, 3.05) is 13.1 Å². The zero-order valence-electron chi connectivity index (χ0n) is 8.74. The molecule has 1 saturated heterocycles. The fraction of sp³-hybridized carbons (Fsp3) is 0.909. The van der Waals surface area contributed by atoms with Crippen molar-refractivity contribution in [3.63, 3.8) is 0 Å². The molecule has 1 heterocycles. The van der Waals surface area contributed by atoms with Gasteiger partial charge in [0.2, 0.25) is 5.91 Å². The van der Waals surface area contributed by atoms with E-state index in [0.29, 0.717) is 11.9 Å². The fourth-order valence-corrected chi connectivity index (χ4v) is 2.58. The van der Waals surface area contributed by atoms with Crippen LogP contribution >= 0.6 is 0 Å². The molecule has 0 spiro atoms. The van der Waals surface area contributed by atoms with E-state index in [1.165, 1.54) is 12.8 Å². The highest BCUT2D eigenvalue weighted by atomic mass is 16.2. The Hall–Kier alpha value is -0.570. The number of hydrogen-bond acceptors (Lipinski definition) is 2. The molecule has 1 saturated carbocycles. The normalized spacial score (nSPS) is 33.8. The predicted octanol–water partition coefficient (Wildman–Crippen LogP) is 1.13. The maximum absolute atomic E-state index is 11.4. The molecule has 14 heavy (non-hydrogen) atoms. The van der Waals surface area contributed by atoms with E-state index in [2.05, 4.69) is 0 Å². The van der Waals surface area contributed by atoms with Crippen molar-refractivity contribution < 1.29 is 4.79 Å². The van der Waals surface area contributed by atoms with Crippen LogP contribution < -0.4 is 5.73 Å². The van der Waals surface area contributed by atoms with Crippen LogP contribution in [0.2, 0.25) is 0 Å². The topological polar surface area (TPSA) is 46.3 Å². The SMILES string of the molecule is NC1CCC(CN2CCCC2=O)CC1. The van der Waals surface area contributed by atoms with Gasteiger partial charge in [-0.2, -0.15) is 0 Å². The quantitative estimate of drug-likeness (QED) is 0.719. The van der Waals surface area contributed by atoms with Gasteiger partial charge in [-0.25, -0.2) is 0 Å². The van der Waals surface area contributed by atoms with Crippen molar-refractivity contribution in [2.45, 2.75) is 44.6 Å². The Bertz CT molecular complexity index is 209. The second-order valence-electron chi connectivity index (χ2n) is 4.72. The lowest BCUT2D eigenvalue weighted by atomic mass is 9.86. The van der Waals surface area contributed by atoms with Gasteiger partial charge in [-0.1, -0.05) is 0 Å². The highest BCUT2D eigenvalue weighted by Crippen LogP contribution is 2.25. The molecule has 2 rings (SSSR count). The molecule has 0 aromatic carbocycles. The minimum absolute atomic E-state index is 0.361. The molecule has 1 aliphatic carbocycles. The van der Waals surface area contributed by atoms with Crippen molar-refractivity contribution in [2.24, 2.45) is 11.7 Å². The van der Waals surface area contributed by atoms with Crippen molar-refractivity contribution in [1.29, 1.82) is 0 Å². The van der Waals surface area contributed by atoms with Crippen LogP contribution in [-0.2, 0) is 4.79 Å². The fourth-order valence-electron chi connectivity index (χ4n) is 2.58. The lowest BCUT2D eigenvalue weighted by molar-refractivity contribution is -0.128. The molecular formula is C11H20N2O. The molecule has 80 valence electrons. The summed E-state index contributed by atoms with van der Waals surface area (Å²) in [5, 5.41) is 0. The van der Waals surface area contributed by atoms with Gasteiger partial charge in [0.25, 0.3) is 0 Å². The van der Waals surface area contributed by atoms with Gasteiger partial charge < -0.3 is 10.6 Å². The first-order valence-corrected chi connectivity index (χ1v) is 5.79. The Balaban J connectivity index is 1.77. The number of hydrogen-bond donors (Lipinski definition) is 1. The van der Waals surface area contributed by atoms with E-state index in [9.17, 15) is 4.79 Å². The molecule has 0 aromatic heterocycles. The van der Waals surface area contributed by atoms with Crippen LogP contribution in [0, 0.1) is 5.92 Å². The predicted molar refractivity (Wildman–Crippen MR) is 55.7 cm³/mol. The molecule has 1 amide bonds. The summed E-state index contributed by atoms with van der Waals surface area (Å²) in [7, 11) is 0. The summed E-state index contributed by atoms with van der Waals surface area (Å²) in [5.41, 5.74) is 5.85. The summed E-state index contributed by atoms with van der Waals surface area (Å²) in [5.74, 6) is 1.08. The molecule has 1 aliphatic heterocycles. The number of likely N-dealkylation sites (tertiary alicyclic amines) is 1. The van der Waals surface area contributed by atoms with Crippen molar-refractivity contribution >= 4 is 5.91 Å². The highest BCUT2D eigenvalue weighted by Gasteiger charge is 2.25. The third kappa shape index (κ3) is 2.27. The number of nitrogens with two attached hydrogens (primary N) is 1. The van der Waals surface area contributed by atoms with Crippen LogP contribution in [0.25, 0.3) is 0 Å². The van der Waals surface area contributed by atoms with Crippen LogP contribution in [0.3, 0.4) is 0 Å². The lowest BCUT2D eigenvalue weighted by Crippen LogP contribution is -2.35. The van der Waals surface area contributed by atoms with Crippen molar-refractivity contribution in [3.8, 4) is 0 Å². The Morgan fingerprint density at radius 1 is 1.29 bits per heavy atom. The number of carbonyl (C=O) groups is 1. The van der Waals surface area contributed by atoms with Crippen LogP contribution in [-0.4, -0.2) is 29.9 Å². The molecule has 3 nitrogen and oxygen atoms in total. The van der Waals surface area contributed by atoms with E-state index in [-0.39, 0.29) is 0 Å². The first kappa shape index (κ1) is 9.97. The maximum Gasteiger partial charge on any atom is 0.222 e. The second-order valence-corrected chi connectivity index (χ2v) is 4.72. The average Bonchev–Trinajstić information content (AvgIpc) is 2.56. The standard InChI is InChI=1S/C11H20N2O/c12-10-5-3-9(4-6-10)8-13-7-1-2-11(13)14/h9-10H,1-8,12H2. The number of rotatable bonds is 2. The number of nitrogens with zero attached hydrogens (tertiary/aromatic N) is 1. The van der Waals surface area contributed by atoms with Gasteiger partial charge in [0.1, 0.15) is 0 Å². The lowest BCUT2D eigenvalue weighted by Gasteiger charge is -2.29. The first-order chi connectivity index (χ1) is 6.75. The molecule has 0 bridgehead atoms. The Labute approximate surface area is 85.6 Å². The summed E-state index contributed by atoms with van der Waals surface area (Å²) < 4.78 is 0. The zero-order chi connectivity index (χ0) is 9.97. The monoisotopic (exact) mass is 196 g/mol. The largest absolute Gasteiger partial charge is 0.342 e. The van der Waals surface area contributed by atoms with Gasteiger partial charge in [-0.15, -0.1) is 0 Å². The van der Waals surface area contributed by atoms with Gasteiger partial charge in [-0.3, -0.25) is 4.79 Å². The van der Waals surface area contributed by atoms with Crippen LogP contribution in [0.1, 0.15) is 38.5 Å². The van der Waals surface area contributed by atoms with Gasteiger partial charge in [0.15, 0.2) is 0 Å². The van der Waals surface area contributed by atoms with Crippen LogP contribution in [0.5, 0.6) is 0 Å². The summed E-state index contributed by atoms with van der Waals surface area (Å²) >= 11 is 0. The van der Waals surface area contributed by atoms with Gasteiger partial charge in [0.05, 0.1) is 0 Å². The smallest absolute Gasteiger partial charge is 0.222 e. The summed E-state index contributed by atoms with van der Waals surface area (Å²) in [6, 6.07) is 0.417. The van der Waals surface area contributed by atoms with Gasteiger partial charge >= 0.3 is 0 Å². The van der Waals surface area contributed by atoms with E-state index in [1.807, 2.05) is 4.90 Å². The summed E-state index contributed by atoms with van der Waals surface area (Å²) in [4.78, 5) is 13.5. The molecule has 3 heteroatoms. The molecule has 0 atom stereocenters. The van der Waals surface area contributed by atoms with Gasteiger partial charge in [0, 0.05) is 25.6 Å². The van der Waals surface area contributed by atoms with E-state index in [4.69, 9.17) is 5.73 Å². The van der Waals surface area contributed by atoms with E-state index in [1.54, 1.807) is 0 Å². The van der Waals surface area contributed by atoms with Crippen molar-refractivity contribution in [3.05, 3.63) is 0 Å². The molecule has 2 aliphatic rings. The Morgan fingerprint density at radius 2 is 2.00 bits per heavy atom. The van der Waals surface area contributed by atoms with E-state index >= 15 is 0 Å².